The van der Waals surface area contributed by atoms with Crippen LogP contribution in [0.2, 0.25) is 0 Å². The zero-order chi connectivity index (χ0) is 55.0. The molecule has 6 fully saturated rings. The smallest absolute Gasteiger partial charge is 0.321 e. The van der Waals surface area contributed by atoms with E-state index in [9.17, 15) is 38.4 Å². The second-order valence-corrected chi connectivity index (χ2v) is 22.2. The molecule has 4 aliphatic heterocycles. The lowest BCUT2D eigenvalue weighted by atomic mass is 9.94. The number of amides is 10. The largest absolute Gasteiger partial charge is 0.351 e. The predicted octanol–water partition coefficient (Wildman–Crippen LogP) is 3.97. The maximum atomic E-state index is 14.6. The molecule has 9 rings (SSSR count). The van der Waals surface area contributed by atoms with Crippen LogP contribution in [0.1, 0.15) is 114 Å². The molecule has 20 heteroatoms. The Morgan fingerprint density at radius 2 is 0.859 bits per heavy atom. The van der Waals surface area contributed by atoms with Crippen LogP contribution in [0.4, 0.5) is 21.0 Å². The minimum absolute atomic E-state index is 0.0530. The summed E-state index contributed by atoms with van der Waals surface area (Å²) >= 11 is 0. The lowest BCUT2D eigenvalue weighted by Crippen LogP contribution is -2.62. The molecule has 418 valence electrons. The average molecular weight is 1070 g/mol. The summed E-state index contributed by atoms with van der Waals surface area (Å²) in [4.78, 5) is 119. The number of nitrogens with zero attached hydrogens (tertiary/aromatic N) is 4. The number of benzene rings is 3. The van der Waals surface area contributed by atoms with Crippen molar-refractivity contribution in [3.05, 3.63) is 96.1 Å². The maximum Gasteiger partial charge on any atom is 0.321 e. The van der Waals surface area contributed by atoms with E-state index in [1.807, 2.05) is 36.4 Å². The number of urea groups is 2. The molecular formula is C58H78N12O8. The summed E-state index contributed by atoms with van der Waals surface area (Å²) in [5.41, 5.74) is 3.19. The predicted molar refractivity (Wildman–Crippen MR) is 295 cm³/mol. The van der Waals surface area contributed by atoms with E-state index in [-0.39, 0.29) is 74.0 Å². The normalized spacial score (nSPS) is 27.9. The fourth-order valence-corrected chi connectivity index (χ4v) is 12.8. The molecule has 0 bridgehead atoms. The van der Waals surface area contributed by atoms with E-state index < -0.39 is 71.9 Å². The second kappa shape index (κ2) is 25.2. The average Bonchev–Trinajstić information content (AvgIpc) is 4.42. The van der Waals surface area contributed by atoms with Crippen molar-refractivity contribution in [2.45, 2.75) is 163 Å². The minimum atomic E-state index is -1.12. The Labute approximate surface area is 457 Å². The van der Waals surface area contributed by atoms with E-state index >= 15 is 0 Å². The van der Waals surface area contributed by atoms with E-state index in [4.69, 9.17) is 0 Å². The zero-order valence-corrected chi connectivity index (χ0v) is 45.4. The van der Waals surface area contributed by atoms with Gasteiger partial charge in [0, 0.05) is 60.5 Å². The van der Waals surface area contributed by atoms with E-state index in [2.05, 4.69) is 66.8 Å². The van der Waals surface area contributed by atoms with Gasteiger partial charge in [-0.3, -0.25) is 28.8 Å². The van der Waals surface area contributed by atoms with Gasteiger partial charge < -0.3 is 62.1 Å². The molecule has 8 N–H and O–H groups in total. The van der Waals surface area contributed by atoms with Crippen molar-refractivity contribution < 1.29 is 38.4 Å². The number of nitrogens with one attached hydrogen (secondary N) is 8. The number of hydrogen-bond donors (Lipinski definition) is 8. The van der Waals surface area contributed by atoms with Crippen LogP contribution in [0.15, 0.2) is 84.9 Å². The molecule has 2 aliphatic carbocycles. The summed E-state index contributed by atoms with van der Waals surface area (Å²) in [6, 6.07) is 20.3. The first kappa shape index (κ1) is 55.7. The number of rotatable bonds is 14. The monoisotopic (exact) mass is 1070 g/mol. The summed E-state index contributed by atoms with van der Waals surface area (Å²) in [7, 11) is 3.29. The summed E-state index contributed by atoms with van der Waals surface area (Å²) in [6.07, 6.45) is 8.54. The summed E-state index contributed by atoms with van der Waals surface area (Å²) < 4.78 is 0. The summed E-state index contributed by atoms with van der Waals surface area (Å²) in [5.74, 6) is -1.67. The number of anilines is 2. The van der Waals surface area contributed by atoms with E-state index in [0.717, 1.165) is 38.5 Å². The van der Waals surface area contributed by atoms with Crippen molar-refractivity contribution in [2.75, 3.05) is 50.9 Å². The molecule has 6 aliphatic rings. The molecule has 2 saturated carbocycles. The van der Waals surface area contributed by atoms with Crippen LogP contribution >= 0.6 is 0 Å². The molecule has 78 heavy (non-hydrogen) atoms. The Hall–Kier alpha value is -7.06. The molecule has 0 unspecified atom stereocenters. The van der Waals surface area contributed by atoms with Gasteiger partial charge in [-0.15, -0.1) is 0 Å². The molecule has 20 nitrogen and oxygen atoms in total. The first-order chi connectivity index (χ1) is 37.7. The lowest BCUT2D eigenvalue weighted by molar-refractivity contribution is -0.145. The maximum absolute atomic E-state index is 14.6. The van der Waals surface area contributed by atoms with Crippen molar-refractivity contribution in [1.82, 2.24) is 51.5 Å². The van der Waals surface area contributed by atoms with Gasteiger partial charge in [-0.25, -0.2) is 9.59 Å². The van der Waals surface area contributed by atoms with Crippen molar-refractivity contribution in [3.63, 3.8) is 0 Å². The van der Waals surface area contributed by atoms with Gasteiger partial charge in [-0.05, 0) is 128 Å². The van der Waals surface area contributed by atoms with Gasteiger partial charge in [0.05, 0.1) is 25.2 Å². The first-order valence-electron chi connectivity index (χ1n) is 28.2. The topological polar surface area (TPSA) is 246 Å². The fourth-order valence-electron chi connectivity index (χ4n) is 12.8. The Bertz CT molecular complexity index is 2470. The highest BCUT2D eigenvalue weighted by Gasteiger charge is 2.48. The van der Waals surface area contributed by atoms with Gasteiger partial charge in [0.2, 0.25) is 35.4 Å². The molecule has 0 aromatic heterocycles. The second-order valence-electron chi connectivity index (χ2n) is 22.2. The molecule has 0 spiro atoms. The van der Waals surface area contributed by atoms with E-state index in [0.29, 0.717) is 49.9 Å². The summed E-state index contributed by atoms with van der Waals surface area (Å²) in [6.45, 7) is 3.60. The van der Waals surface area contributed by atoms with E-state index in [1.165, 1.54) is 20.9 Å². The number of carbonyl (C=O) groups excluding carboxylic acids is 8. The Kier molecular flexibility index (Phi) is 18.0. The Balaban J connectivity index is 0.832. The van der Waals surface area contributed by atoms with Gasteiger partial charge in [0.15, 0.2) is 0 Å². The van der Waals surface area contributed by atoms with Gasteiger partial charge in [-0.1, -0.05) is 73.5 Å². The first-order valence-corrected chi connectivity index (χ1v) is 28.2. The summed E-state index contributed by atoms with van der Waals surface area (Å²) in [5, 5.41) is 24.0. The highest BCUT2D eigenvalue weighted by Crippen LogP contribution is 2.38. The number of carbonyl (C=O) groups is 8. The van der Waals surface area contributed by atoms with Crippen molar-refractivity contribution >= 4 is 58.9 Å². The van der Waals surface area contributed by atoms with Crippen LogP contribution in [0.3, 0.4) is 0 Å². The molecule has 4 heterocycles. The molecule has 12 atom stereocenters. The number of hydrogen-bond acceptors (Lipinski definition) is 10. The van der Waals surface area contributed by atoms with Crippen LogP contribution in [0.5, 0.6) is 0 Å². The minimum Gasteiger partial charge on any atom is -0.351 e. The third-order valence-corrected chi connectivity index (χ3v) is 17.4. The van der Waals surface area contributed by atoms with Crippen LogP contribution in [0, 0.1) is 0 Å². The van der Waals surface area contributed by atoms with Crippen LogP contribution in [-0.2, 0) is 28.8 Å². The van der Waals surface area contributed by atoms with Crippen molar-refractivity contribution in [1.29, 1.82) is 0 Å². The molecule has 3 aromatic carbocycles. The fraction of sp³-hybridized carbons (Fsp3) is 0.552. The molecule has 3 aromatic rings. The van der Waals surface area contributed by atoms with Crippen molar-refractivity contribution in [2.24, 2.45) is 0 Å². The van der Waals surface area contributed by atoms with Crippen LogP contribution < -0.4 is 42.5 Å². The van der Waals surface area contributed by atoms with Crippen LogP contribution in [-0.4, -0.2) is 168 Å². The number of fused-ring (bicyclic) bond motifs is 2. The zero-order valence-electron chi connectivity index (χ0n) is 45.4. The SMILES string of the molecule is CN[C@@H](C)C(=O)N[C@H]1CN(C(=O)Nc2ccc(NC(=O)N3CC[C@H]4CC[C@@H](C(=O)N[C@H]5CCC[C@@H]5c5ccccc5)N4C(=O)[C@@H](NC(=O)[C@H](C)NC)C3)cc2)CC[C@H]2CC[C@@H](C(=O)N[C@H]3CCC[C@@H]3c3ccccc3)N2C1=O. The van der Waals surface area contributed by atoms with Gasteiger partial charge in [0.25, 0.3) is 0 Å². The molecular weight excluding hydrogens is 993 g/mol. The van der Waals surface area contributed by atoms with Gasteiger partial charge in [-0.2, -0.15) is 0 Å². The highest BCUT2D eigenvalue weighted by molar-refractivity contribution is 5.97. The Morgan fingerprint density at radius 3 is 1.23 bits per heavy atom. The third-order valence-electron chi connectivity index (χ3n) is 17.4. The molecule has 4 saturated heterocycles. The molecule has 10 amide bonds. The third kappa shape index (κ3) is 12.6. The highest BCUT2D eigenvalue weighted by atomic mass is 16.2. The molecule has 0 radical (unpaired) electrons. The van der Waals surface area contributed by atoms with Gasteiger partial charge in [0.1, 0.15) is 24.2 Å². The van der Waals surface area contributed by atoms with E-state index in [1.54, 1.807) is 62.0 Å². The standard InChI is InChI=1S/C58H78N12O8/c1-35(59-3)51(71)65-47-33-67(31-29-41-25-27-49(69(41)55(47)75)53(73)63-45-19-11-17-43(45)37-13-7-5-8-14-37)57(77)61-39-21-23-40(24-22-39)62-58(78)68-32-30-42-26-28-50(70(42)56(76)48(34-68)66-52(72)36(2)60-4)54(74)64-46-20-12-18-44(46)38-15-9-6-10-16-38/h5-10,13-16,21-24,35-36,41-50,59-60H,11-12,17-20,25-34H2,1-4H3,(H,61,77)(H,62,78)(H,63,73)(H,64,74)(H,65,71)(H,66,72)/t35-,36-,41+,42+,43+,44+,45-,46-,47-,48-,49-,50-/m0/s1. The van der Waals surface area contributed by atoms with Crippen molar-refractivity contribution in [3.8, 4) is 0 Å². The van der Waals surface area contributed by atoms with Gasteiger partial charge >= 0.3 is 12.1 Å². The Morgan fingerprint density at radius 1 is 0.474 bits per heavy atom. The van der Waals surface area contributed by atoms with Crippen LogP contribution in [0.25, 0.3) is 0 Å². The number of likely N-dealkylation sites (N-methyl/N-ethyl adjacent to an activating group) is 2. The quantitative estimate of drug-likeness (QED) is 0.116. The lowest BCUT2D eigenvalue weighted by Gasteiger charge is -2.39.